The van der Waals surface area contributed by atoms with Crippen molar-refractivity contribution < 1.29 is 0 Å². The number of hydrogen-bond acceptors (Lipinski definition) is 1. The molecule has 2 rings (SSSR count). The van der Waals surface area contributed by atoms with Crippen LogP contribution in [0.3, 0.4) is 0 Å². The van der Waals surface area contributed by atoms with E-state index in [-0.39, 0.29) is 12.4 Å². The average Bonchev–Trinajstić information content (AvgIpc) is 2.30. The summed E-state index contributed by atoms with van der Waals surface area (Å²) in [4.78, 5) is 2.61. The molecule has 0 aliphatic carbocycles. The Morgan fingerprint density at radius 2 is 1.47 bits per heavy atom. The molecule has 0 amide bonds. The van der Waals surface area contributed by atoms with E-state index in [1.807, 2.05) is 36.4 Å². The zero-order chi connectivity index (χ0) is 9.80. The van der Waals surface area contributed by atoms with Crippen LogP contribution in [0.5, 0.6) is 0 Å². The minimum Gasteiger partial charge on any atom is -0.298 e. The Labute approximate surface area is 101 Å². The van der Waals surface area contributed by atoms with Gasteiger partial charge < -0.3 is 0 Å². The lowest BCUT2D eigenvalue weighted by atomic mass is 10.1. The fraction of sp³-hybridized carbons (Fsp3) is 0. The second kappa shape index (κ2) is 5.64. The summed E-state index contributed by atoms with van der Waals surface area (Å²) in [6.07, 6.45) is 0. The van der Waals surface area contributed by atoms with Crippen molar-refractivity contribution in [1.29, 1.82) is 0 Å². The molecule has 0 bridgehead atoms. The van der Waals surface area contributed by atoms with E-state index in [4.69, 9.17) is 11.8 Å². The summed E-state index contributed by atoms with van der Waals surface area (Å²) < 4.78 is 0. The molecular weight excluding hydrogens is 229 g/mol. The van der Waals surface area contributed by atoms with E-state index in [2.05, 4.69) is 23.0 Å². The highest BCUT2D eigenvalue weighted by molar-refractivity contribution is 6.24. The predicted octanol–water partition coefficient (Wildman–Crippen LogP) is 4.34. The Bertz CT molecular complexity index is 415. The monoisotopic (exact) mass is 239 g/mol. The summed E-state index contributed by atoms with van der Waals surface area (Å²) in [5.74, 6) is 0. The SMILES string of the molecule is Cl.ClNc1cccc(-c2ccccc2)c1. The smallest absolute Gasteiger partial charge is 0.0497 e. The Morgan fingerprint density at radius 3 is 2.13 bits per heavy atom. The maximum Gasteiger partial charge on any atom is 0.0497 e. The van der Waals surface area contributed by atoms with Crippen molar-refractivity contribution >= 4 is 29.9 Å². The molecule has 0 atom stereocenters. The number of halogens is 2. The third-order valence-electron chi connectivity index (χ3n) is 2.08. The first-order valence-corrected chi connectivity index (χ1v) is 4.80. The van der Waals surface area contributed by atoms with Crippen LogP contribution in [0.25, 0.3) is 11.1 Å². The third-order valence-corrected chi connectivity index (χ3v) is 2.30. The molecule has 0 saturated carbocycles. The Kier molecular flexibility index (Phi) is 4.47. The lowest BCUT2D eigenvalue weighted by molar-refractivity contribution is 1.61. The van der Waals surface area contributed by atoms with Gasteiger partial charge in [-0.15, -0.1) is 12.4 Å². The number of nitrogens with one attached hydrogen (secondary N) is 1. The van der Waals surface area contributed by atoms with Crippen LogP contribution in [-0.4, -0.2) is 0 Å². The highest BCUT2D eigenvalue weighted by atomic mass is 35.5. The average molecular weight is 240 g/mol. The Balaban J connectivity index is 0.00000112. The van der Waals surface area contributed by atoms with E-state index in [0.29, 0.717) is 0 Å². The third kappa shape index (κ3) is 2.88. The van der Waals surface area contributed by atoms with Crippen LogP contribution in [0.15, 0.2) is 54.6 Å². The zero-order valence-corrected chi connectivity index (χ0v) is 9.55. The van der Waals surface area contributed by atoms with E-state index >= 15 is 0 Å². The van der Waals surface area contributed by atoms with Gasteiger partial charge in [0.2, 0.25) is 0 Å². The summed E-state index contributed by atoms with van der Waals surface area (Å²) in [6, 6.07) is 18.2. The van der Waals surface area contributed by atoms with Crippen molar-refractivity contribution in [1.82, 2.24) is 0 Å². The molecule has 0 radical (unpaired) electrons. The molecule has 0 aliphatic heterocycles. The lowest BCUT2D eigenvalue weighted by Gasteiger charge is -2.03. The van der Waals surface area contributed by atoms with Crippen molar-refractivity contribution in [3.63, 3.8) is 0 Å². The molecular formula is C12H11Cl2N. The minimum atomic E-state index is 0. The standard InChI is InChI=1S/C12H10ClN.ClH/c13-14-12-8-4-7-11(9-12)10-5-2-1-3-6-10;/h1-9,14H;1H. The Hall–Kier alpha value is -1.18. The van der Waals surface area contributed by atoms with Gasteiger partial charge in [-0.25, -0.2) is 0 Å². The number of rotatable bonds is 2. The van der Waals surface area contributed by atoms with Gasteiger partial charge in [0.05, 0.1) is 0 Å². The zero-order valence-electron chi connectivity index (χ0n) is 7.98. The van der Waals surface area contributed by atoms with Gasteiger partial charge >= 0.3 is 0 Å². The normalized spacial score (nSPS) is 9.13. The van der Waals surface area contributed by atoms with Crippen molar-refractivity contribution in [3.05, 3.63) is 54.6 Å². The molecule has 0 fully saturated rings. The van der Waals surface area contributed by atoms with Crippen molar-refractivity contribution in [3.8, 4) is 11.1 Å². The quantitative estimate of drug-likeness (QED) is 0.770. The molecule has 1 nitrogen and oxygen atoms in total. The van der Waals surface area contributed by atoms with Gasteiger partial charge in [0.1, 0.15) is 0 Å². The van der Waals surface area contributed by atoms with Crippen LogP contribution >= 0.6 is 24.2 Å². The van der Waals surface area contributed by atoms with Gasteiger partial charge in [0.25, 0.3) is 0 Å². The molecule has 78 valence electrons. The van der Waals surface area contributed by atoms with Crippen molar-refractivity contribution in [2.45, 2.75) is 0 Å². The Morgan fingerprint density at radius 1 is 0.800 bits per heavy atom. The lowest BCUT2D eigenvalue weighted by Crippen LogP contribution is -1.81. The van der Waals surface area contributed by atoms with Crippen LogP contribution in [0, 0.1) is 0 Å². The van der Waals surface area contributed by atoms with Crippen molar-refractivity contribution in [2.75, 3.05) is 4.84 Å². The summed E-state index contributed by atoms with van der Waals surface area (Å²) in [5.41, 5.74) is 3.27. The van der Waals surface area contributed by atoms with E-state index in [1.54, 1.807) is 0 Å². The molecule has 2 aromatic carbocycles. The van der Waals surface area contributed by atoms with E-state index in [1.165, 1.54) is 5.56 Å². The highest BCUT2D eigenvalue weighted by Gasteiger charge is 1.96. The highest BCUT2D eigenvalue weighted by Crippen LogP contribution is 2.22. The molecule has 0 heterocycles. The second-order valence-electron chi connectivity index (χ2n) is 3.04. The minimum absolute atomic E-state index is 0. The number of anilines is 1. The molecule has 3 heteroatoms. The summed E-state index contributed by atoms with van der Waals surface area (Å²) in [7, 11) is 0. The van der Waals surface area contributed by atoms with Gasteiger partial charge in [0, 0.05) is 17.5 Å². The first-order valence-electron chi connectivity index (χ1n) is 4.42. The van der Waals surface area contributed by atoms with Gasteiger partial charge in [-0.3, -0.25) is 4.84 Å². The fourth-order valence-corrected chi connectivity index (χ4v) is 1.51. The maximum atomic E-state index is 5.54. The first-order chi connectivity index (χ1) is 6.90. The van der Waals surface area contributed by atoms with Crippen LogP contribution < -0.4 is 4.84 Å². The topological polar surface area (TPSA) is 12.0 Å². The van der Waals surface area contributed by atoms with Gasteiger partial charge in [-0.2, -0.15) is 0 Å². The fourth-order valence-electron chi connectivity index (χ4n) is 1.39. The summed E-state index contributed by atoms with van der Waals surface area (Å²) in [5, 5.41) is 0. The predicted molar refractivity (Wildman–Crippen MR) is 68.6 cm³/mol. The summed E-state index contributed by atoms with van der Waals surface area (Å²) in [6.45, 7) is 0. The van der Waals surface area contributed by atoms with Crippen LogP contribution in [0.4, 0.5) is 5.69 Å². The van der Waals surface area contributed by atoms with Gasteiger partial charge in [0.15, 0.2) is 0 Å². The molecule has 1 N–H and O–H groups in total. The molecule has 0 unspecified atom stereocenters. The summed E-state index contributed by atoms with van der Waals surface area (Å²) >= 11 is 5.54. The second-order valence-corrected chi connectivity index (χ2v) is 3.23. The molecule has 0 spiro atoms. The maximum absolute atomic E-state index is 5.54. The molecule has 0 saturated heterocycles. The number of hydrogen-bond donors (Lipinski definition) is 1. The van der Waals surface area contributed by atoms with Crippen LogP contribution in [0.2, 0.25) is 0 Å². The van der Waals surface area contributed by atoms with Crippen LogP contribution in [-0.2, 0) is 0 Å². The van der Waals surface area contributed by atoms with E-state index in [9.17, 15) is 0 Å². The first kappa shape index (κ1) is 11.9. The van der Waals surface area contributed by atoms with E-state index < -0.39 is 0 Å². The van der Waals surface area contributed by atoms with Crippen LogP contribution in [0.1, 0.15) is 0 Å². The molecule has 15 heavy (non-hydrogen) atoms. The van der Waals surface area contributed by atoms with Crippen molar-refractivity contribution in [2.24, 2.45) is 0 Å². The molecule has 0 aromatic heterocycles. The molecule has 0 aliphatic rings. The molecule has 2 aromatic rings. The number of benzene rings is 2. The van der Waals surface area contributed by atoms with Gasteiger partial charge in [-0.1, -0.05) is 42.5 Å². The van der Waals surface area contributed by atoms with Gasteiger partial charge in [-0.05, 0) is 23.3 Å². The van der Waals surface area contributed by atoms with E-state index in [0.717, 1.165) is 11.3 Å². The largest absolute Gasteiger partial charge is 0.298 e.